The van der Waals surface area contributed by atoms with Crippen LogP contribution in [-0.2, 0) is 14.4 Å². The predicted molar refractivity (Wildman–Crippen MR) is 67.9 cm³/mol. The van der Waals surface area contributed by atoms with Crippen LogP contribution in [0.5, 0.6) is 0 Å². The second kappa shape index (κ2) is 5.09. The van der Waals surface area contributed by atoms with Crippen molar-refractivity contribution >= 4 is 23.5 Å². The lowest BCUT2D eigenvalue weighted by Crippen LogP contribution is -2.39. The third-order valence-electron chi connectivity index (χ3n) is 3.06. The van der Waals surface area contributed by atoms with Crippen LogP contribution in [0, 0.1) is 0 Å². The Morgan fingerprint density at radius 2 is 2.05 bits per heavy atom. The molecule has 0 fully saturated rings. The zero-order valence-electron chi connectivity index (χ0n) is 10.4. The van der Waals surface area contributed by atoms with Gasteiger partial charge < -0.3 is 15.3 Å². The summed E-state index contributed by atoms with van der Waals surface area (Å²) >= 11 is 0. The van der Waals surface area contributed by atoms with Gasteiger partial charge in [-0.2, -0.15) is 0 Å². The van der Waals surface area contributed by atoms with E-state index in [1.54, 1.807) is 24.3 Å². The molecule has 1 aliphatic heterocycles. The lowest BCUT2D eigenvalue weighted by Gasteiger charge is -2.17. The summed E-state index contributed by atoms with van der Waals surface area (Å²) in [6, 6.07) is 6.92. The lowest BCUT2D eigenvalue weighted by atomic mass is 10.0. The minimum absolute atomic E-state index is 0.104. The molecule has 0 aromatic heterocycles. The predicted octanol–water partition coefficient (Wildman–Crippen LogP) is 0.338. The number of amides is 2. The van der Waals surface area contributed by atoms with Gasteiger partial charge in [0, 0.05) is 19.2 Å². The van der Waals surface area contributed by atoms with Crippen LogP contribution in [0.3, 0.4) is 0 Å². The van der Waals surface area contributed by atoms with Crippen molar-refractivity contribution < 1.29 is 19.5 Å². The van der Waals surface area contributed by atoms with E-state index in [2.05, 4.69) is 5.32 Å². The molecule has 0 bridgehead atoms. The van der Waals surface area contributed by atoms with Crippen molar-refractivity contribution in [2.45, 2.75) is 12.8 Å². The van der Waals surface area contributed by atoms with Crippen LogP contribution in [0.2, 0.25) is 0 Å². The van der Waals surface area contributed by atoms with Crippen LogP contribution in [0.4, 0.5) is 5.69 Å². The first-order valence-corrected chi connectivity index (χ1v) is 5.87. The van der Waals surface area contributed by atoms with Gasteiger partial charge in [-0.15, -0.1) is 0 Å². The SMILES string of the molecule is CC(=O)NCC(=O)N1CC(C(=O)O)c2ccccc21. The Kier molecular flexibility index (Phi) is 3.50. The Bertz CT molecular complexity index is 541. The van der Waals surface area contributed by atoms with E-state index in [1.165, 1.54) is 11.8 Å². The molecule has 1 unspecified atom stereocenters. The average molecular weight is 262 g/mol. The molecule has 0 radical (unpaired) electrons. The minimum Gasteiger partial charge on any atom is -0.481 e. The molecule has 1 aromatic carbocycles. The van der Waals surface area contributed by atoms with Crippen LogP contribution in [-0.4, -0.2) is 36.0 Å². The zero-order chi connectivity index (χ0) is 14.0. The van der Waals surface area contributed by atoms with Crippen LogP contribution >= 0.6 is 0 Å². The van der Waals surface area contributed by atoms with Crippen molar-refractivity contribution in [1.82, 2.24) is 5.32 Å². The summed E-state index contributed by atoms with van der Waals surface area (Å²) in [7, 11) is 0. The molecule has 1 atom stereocenters. The molecular weight excluding hydrogens is 248 g/mol. The van der Waals surface area contributed by atoms with E-state index in [4.69, 9.17) is 5.11 Å². The molecule has 0 spiro atoms. The molecule has 1 heterocycles. The number of anilines is 1. The number of carbonyl (C=O) groups excluding carboxylic acids is 2. The summed E-state index contributed by atoms with van der Waals surface area (Å²) in [5.74, 6) is -2.28. The maximum absolute atomic E-state index is 12.0. The number of nitrogens with zero attached hydrogens (tertiary/aromatic N) is 1. The highest BCUT2D eigenvalue weighted by atomic mass is 16.4. The molecule has 0 aliphatic carbocycles. The average Bonchev–Trinajstić information content (AvgIpc) is 2.75. The molecule has 1 aromatic rings. The molecule has 19 heavy (non-hydrogen) atoms. The van der Waals surface area contributed by atoms with Crippen molar-refractivity contribution in [3.63, 3.8) is 0 Å². The third kappa shape index (κ3) is 2.57. The van der Waals surface area contributed by atoms with Crippen LogP contribution in [0.1, 0.15) is 18.4 Å². The first-order chi connectivity index (χ1) is 9.00. The van der Waals surface area contributed by atoms with Gasteiger partial charge in [-0.3, -0.25) is 14.4 Å². The lowest BCUT2D eigenvalue weighted by molar-refractivity contribution is -0.138. The molecule has 0 saturated heterocycles. The number of para-hydroxylation sites is 1. The van der Waals surface area contributed by atoms with Crippen LogP contribution < -0.4 is 10.2 Å². The molecule has 2 N–H and O–H groups in total. The van der Waals surface area contributed by atoms with E-state index in [9.17, 15) is 14.4 Å². The first-order valence-electron chi connectivity index (χ1n) is 5.87. The fourth-order valence-electron chi connectivity index (χ4n) is 2.15. The number of nitrogens with one attached hydrogen (secondary N) is 1. The molecule has 2 amide bonds. The van der Waals surface area contributed by atoms with Crippen molar-refractivity contribution in [3.8, 4) is 0 Å². The molecule has 6 nitrogen and oxygen atoms in total. The topological polar surface area (TPSA) is 86.7 Å². The summed E-state index contributed by atoms with van der Waals surface area (Å²) < 4.78 is 0. The summed E-state index contributed by atoms with van der Waals surface area (Å²) in [6.07, 6.45) is 0. The standard InChI is InChI=1S/C13H14N2O4/c1-8(16)14-6-12(17)15-7-10(13(18)19)9-4-2-3-5-11(9)15/h2-5,10H,6-7H2,1H3,(H,14,16)(H,18,19). The quantitative estimate of drug-likeness (QED) is 0.822. The number of hydrogen-bond acceptors (Lipinski definition) is 3. The Balaban J connectivity index is 2.22. The summed E-state index contributed by atoms with van der Waals surface area (Å²) in [5.41, 5.74) is 1.23. The Labute approximate surface area is 110 Å². The first kappa shape index (κ1) is 13.1. The third-order valence-corrected chi connectivity index (χ3v) is 3.06. The maximum atomic E-state index is 12.0. The number of carboxylic acid groups (broad SMARTS) is 1. The van der Waals surface area contributed by atoms with Crippen molar-refractivity contribution in [2.75, 3.05) is 18.0 Å². The number of carboxylic acids is 1. The Morgan fingerprint density at radius 3 is 2.68 bits per heavy atom. The Morgan fingerprint density at radius 1 is 1.37 bits per heavy atom. The van der Waals surface area contributed by atoms with E-state index >= 15 is 0 Å². The van der Waals surface area contributed by atoms with Crippen molar-refractivity contribution in [1.29, 1.82) is 0 Å². The minimum atomic E-state index is -0.956. The number of rotatable bonds is 3. The van der Waals surface area contributed by atoms with E-state index in [0.717, 1.165) is 0 Å². The number of carbonyl (C=O) groups is 3. The molecule has 1 aliphatic rings. The normalized spacial score (nSPS) is 16.9. The number of hydrogen-bond donors (Lipinski definition) is 2. The fourth-order valence-corrected chi connectivity index (χ4v) is 2.15. The van der Waals surface area contributed by atoms with Crippen molar-refractivity contribution in [2.24, 2.45) is 0 Å². The second-order valence-corrected chi connectivity index (χ2v) is 4.36. The fraction of sp³-hybridized carbons (Fsp3) is 0.308. The maximum Gasteiger partial charge on any atom is 0.312 e. The van der Waals surface area contributed by atoms with Gasteiger partial charge >= 0.3 is 5.97 Å². The molecule has 0 saturated carbocycles. The van der Waals surface area contributed by atoms with Gasteiger partial charge in [-0.05, 0) is 11.6 Å². The van der Waals surface area contributed by atoms with E-state index in [-0.39, 0.29) is 24.9 Å². The number of fused-ring (bicyclic) bond motifs is 1. The van der Waals surface area contributed by atoms with Gasteiger partial charge in [0.05, 0.1) is 6.54 Å². The molecule has 2 rings (SSSR count). The van der Waals surface area contributed by atoms with E-state index in [1.807, 2.05) is 0 Å². The van der Waals surface area contributed by atoms with Gasteiger partial charge in [-0.1, -0.05) is 18.2 Å². The second-order valence-electron chi connectivity index (χ2n) is 4.36. The summed E-state index contributed by atoms with van der Waals surface area (Å²) in [6.45, 7) is 1.30. The summed E-state index contributed by atoms with van der Waals surface area (Å²) in [5, 5.41) is 11.6. The monoisotopic (exact) mass is 262 g/mol. The van der Waals surface area contributed by atoms with E-state index in [0.29, 0.717) is 11.3 Å². The van der Waals surface area contributed by atoms with Gasteiger partial charge in [0.1, 0.15) is 5.92 Å². The smallest absolute Gasteiger partial charge is 0.312 e. The van der Waals surface area contributed by atoms with Gasteiger partial charge in [-0.25, -0.2) is 0 Å². The highest BCUT2D eigenvalue weighted by Crippen LogP contribution is 2.36. The van der Waals surface area contributed by atoms with Gasteiger partial charge in [0.2, 0.25) is 11.8 Å². The summed E-state index contributed by atoms with van der Waals surface area (Å²) in [4.78, 5) is 35.4. The highest BCUT2D eigenvalue weighted by molar-refractivity contribution is 6.00. The number of benzene rings is 1. The van der Waals surface area contributed by atoms with Gasteiger partial charge in [0.25, 0.3) is 0 Å². The Hall–Kier alpha value is -2.37. The van der Waals surface area contributed by atoms with Crippen LogP contribution in [0.15, 0.2) is 24.3 Å². The van der Waals surface area contributed by atoms with Gasteiger partial charge in [0.15, 0.2) is 0 Å². The molecular formula is C13H14N2O4. The zero-order valence-corrected chi connectivity index (χ0v) is 10.4. The molecule has 100 valence electrons. The largest absolute Gasteiger partial charge is 0.481 e. The van der Waals surface area contributed by atoms with E-state index < -0.39 is 11.9 Å². The van der Waals surface area contributed by atoms with Crippen molar-refractivity contribution in [3.05, 3.63) is 29.8 Å². The number of aliphatic carboxylic acids is 1. The van der Waals surface area contributed by atoms with Crippen LogP contribution in [0.25, 0.3) is 0 Å². The highest BCUT2D eigenvalue weighted by Gasteiger charge is 2.35. The molecule has 6 heteroatoms.